The van der Waals surface area contributed by atoms with E-state index < -0.39 is 23.6 Å². The van der Waals surface area contributed by atoms with Crippen molar-refractivity contribution in [2.45, 2.75) is 39.8 Å². The van der Waals surface area contributed by atoms with E-state index in [1.807, 2.05) is 50.2 Å². The number of nitrogens with one attached hydrogen (secondary N) is 1. The number of carbonyl (C=O) groups excluding carboxylic acids is 5. The fourth-order valence-electron chi connectivity index (χ4n) is 6.88. The third-order valence-corrected chi connectivity index (χ3v) is 9.52. The summed E-state index contributed by atoms with van der Waals surface area (Å²) in [6.45, 7) is 6.40. The Labute approximate surface area is 315 Å². The maximum Gasteiger partial charge on any atom is 0.296 e. The maximum absolute atomic E-state index is 14.5. The minimum absolute atomic E-state index is 0.184. The number of fused-ring (bicyclic) bond motifs is 1. The predicted octanol–water partition coefficient (Wildman–Crippen LogP) is 4.88. The molecule has 0 spiro atoms. The Morgan fingerprint density at radius 3 is 2.06 bits per heavy atom. The maximum atomic E-state index is 14.5. The molecule has 0 aromatic heterocycles. The quantitative estimate of drug-likeness (QED) is 0.138. The lowest BCUT2D eigenvalue weighted by molar-refractivity contribution is -0.118. The molecule has 4 aromatic rings. The lowest BCUT2D eigenvalue weighted by Crippen LogP contribution is -2.42. The number of ketones is 1. The van der Waals surface area contributed by atoms with E-state index in [-0.39, 0.29) is 24.9 Å². The standard InChI is InChI=1S/C42H47N5O7/c1-25-16-26(2)38(27(3)17-25)39(49)40(50)44-32-13-12-30-20-36(31-18-33(53-6)22-34(19-31)54-7)47(42(52)35(30)21-32)23-28-8-10-29(11-9-28)41(51)46(24-37(43)48)15-14-45(4)5/h8-13,16-19,21-22,36H,14-15,20,23-24H2,1-7H3,(H2,43,48)(H,44,50). The van der Waals surface area contributed by atoms with Crippen LogP contribution < -0.4 is 20.5 Å². The number of amides is 4. The molecule has 0 radical (unpaired) electrons. The van der Waals surface area contributed by atoms with Crippen molar-refractivity contribution in [2.24, 2.45) is 5.73 Å². The van der Waals surface area contributed by atoms with Crippen LogP contribution in [0.3, 0.4) is 0 Å². The van der Waals surface area contributed by atoms with Crippen molar-refractivity contribution in [1.82, 2.24) is 14.7 Å². The van der Waals surface area contributed by atoms with Gasteiger partial charge in [0.05, 0.1) is 26.8 Å². The fraction of sp³-hybridized carbons (Fsp3) is 0.310. The molecular formula is C42H47N5O7. The number of methoxy groups -OCH3 is 2. The normalized spacial score (nSPS) is 13.7. The Morgan fingerprint density at radius 1 is 0.852 bits per heavy atom. The monoisotopic (exact) mass is 733 g/mol. The van der Waals surface area contributed by atoms with Crippen LogP contribution in [0.2, 0.25) is 0 Å². The van der Waals surface area contributed by atoms with Gasteiger partial charge in [0.2, 0.25) is 5.91 Å². The number of benzene rings is 4. The number of hydrogen-bond acceptors (Lipinski definition) is 8. The van der Waals surface area contributed by atoms with E-state index in [1.165, 1.54) is 4.90 Å². The average Bonchev–Trinajstić information content (AvgIpc) is 3.13. The van der Waals surface area contributed by atoms with Crippen molar-refractivity contribution in [3.05, 3.63) is 123 Å². The number of rotatable bonds is 14. The molecule has 5 rings (SSSR count). The third kappa shape index (κ3) is 8.95. The summed E-state index contributed by atoms with van der Waals surface area (Å²) in [5.41, 5.74) is 11.7. The first kappa shape index (κ1) is 39.2. The first-order valence-electron chi connectivity index (χ1n) is 17.6. The molecule has 0 bridgehead atoms. The smallest absolute Gasteiger partial charge is 0.296 e. The molecule has 1 heterocycles. The molecule has 12 heteroatoms. The van der Waals surface area contributed by atoms with Crippen molar-refractivity contribution in [3.63, 3.8) is 0 Å². The van der Waals surface area contributed by atoms with E-state index in [9.17, 15) is 24.0 Å². The largest absolute Gasteiger partial charge is 0.497 e. The Balaban J connectivity index is 1.45. The first-order valence-corrected chi connectivity index (χ1v) is 17.6. The zero-order valence-corrected chi connectivity index (χ0v) is 31.8. The van der Waals surface area contributed by atoms with Gasteiger partial charge in [0.25, 0.3) is 23.5 Å². The molecule has 0 saturated heterocycles. The van der Waals surface area contributed by atoms with Gasteiger partial charge in [-0.05, 0) is 106 Å². The number of Topliss-reactive ketones (excluding diaryl/α,β-unsaturated/α-hetero) is 1. The lowest BCUT2D eigenvalue weighted by atomic mass is 9.88. The van der Waals surface area contributed by atoms with Crippen LogP contribution in [-0.4, -0.2) is 92.1 Å². The summed E-state index contributed by atoms with van der Waals surface area (Å²) in [5, 5.41) is 2.71. The van der Waals surface area contributed by atoms with Gasteiger partial charge in [0, 0.05) is 48.1 Å². The second kappa shape index (κ2) is 16.8. The van der Waals surface area contributed by atoms with E-state index in [0.717, 1.165) is 22.3 Å². The molecule has 4 aromatic carbocycles. The Morgan fingerprint density at radius 2 is 1.48 bits per heavy atom. The van der Waals surface area contributed by atoms with Crippen molar-refractivity contribution < 1.29 is 33.4 Å². The minimum Gasteiger partial charge on any atom is -0.497 e. The van der Waals surface area contributed by atoms with Gasteiger partial charge in [-0.2, -0.15) is 0 Å². The van der Waals surface area contributed by atoms with Crippen LogP contribution in [0, 0.1) is 20.8 Å². The number of aryl methyl sites for hydroxylation is 3. The molecule has 282 valence electrons. The molecule has 12 nitrogen and oxygen atoms in total. The number of ether oxygens (including phenoxy) is 2. The van der Waals surface area contributed by atoms with Crippen molar-refractivity contribution >= 4 is 35.1 Å². The number of carbonyl (C=O) groups is 5. The molecular weight excluding hydrogens is 686 g/mol. The van der Waals surface area contributed by atoms with Crippen LogP contribution in [0.5, 0.6) is 11.5 Å². The molecule has 1 atom stereocenters. The summed E-state index contributed by atoms with van der Waals surface area (Å²) in [6.07, 6.45) is 0.441. The van der Waals surface area contributed by atoms with Crippen LogP contribution in [0.1, 0.15) is 70.5 Å². The van der Waals surface area contributed by atoms with Gasteiger partial charge in [-0.15, -0.1) is 0 Å². The van der Waals surface area contributed by atoms with Crippen molar-refractivity contribution in [1.29, 1.82) is 0 Å². The number of hydrogen-bond donors (Lipinski definition) is 2. The van der Waals surface area contributed by atoms with E-state index in [1.54, 1.807) is 81.5 Å². The SMILES string of the molecule is COc1cc(OC)cc(C2Cc3ccc(NC(=O)C(=O)c4c(C)cc(C)cc4C)cc3C(=O)N2Cc2ccc(C(=O)N(CCN(C)C)CC(N)=O)cc2)c1. The molecule has 1 aliphatic heterocycles. The van der Waals surface area contributed by atoms with E-state index in [4.69, 9.17) is 15.2 Å². The zero-order chi connectivity index (χ0) is 39.3. The van der Waals surface area contributed by atoms with Gasteiger partial charge in [0.1, 0.15) is 11.5 Å². The number of likely N-dealkylation sites (N-methyl/N-ethyl adjacent to an activating group) is 1. The van der Waals surface area contributed by atoms with Gasteiger partial charge in [0.15, 0.2) is 0 Å². The molecule has 4 amide bonds. The van der Waals surface area contributed by atoms with Crippen LogP contribution in [0.4, 0.5) is 5.69 Å². The highest BCUT2D eigenvalue weighted by Crippen LogP contribution is 2.38. The highest BCUT2D eigenvalue weighted by Gasteiger charge is 2.35. The highest BCUT2D eigenvalue weighted by atomic mass is 16.5. The Kier molecular flexibility index (Phi) is 12.2. The number of anilines is 1. The van der Waals surface area contributed by atoms with Crippen LogP contribution in [0.15, 0.2) is 72.8 Å². The van der Waals surface area contributed by atoms with Gasteiger partial charge in [-0.3, -0.25) is 24.0 Å². The summed E-state index contributed by atoms with van der Waals surface area (Å²) in [5.74, 6) is -1.52. The van der Waals surface area contributed by atoms with Crippen LogP contribution >= 0.6 is 0 Å². The summed E-state index contributed by atoms with van der Waals surface area (Å²) in [6, 6.07) is 20.8. The van der Waals surface area contributed by atoms with E-state index >= 15 is 0 Å². The van der Waals surface area contributed by atoms with E-state index in [0.29, 0.717) is 64.5 Å². The van der Waals surface area contributed by atoms with Crippen LogP contribution in [0.25, 0.3) is 0 Å². The van der Waals surface area contributed by atoms with Crippen molar-refractivity contribution in [2.75, 3.05) is 53.3 Å². The molecule has 1 unspecified atom stereocenters. The predicted molar refractivity (Wildman–Crippen MR) is 206 cm³/mol. The summed E-state index contributed by atoms with van der Waals surface area (Å²) in [4.78, 5) is 71.2. The molecule has 0 fully saturated rings. The summed E-state index contributed by atoms with van der Waals surface area (Å²) >= 11 is 0. The van der Waals surface area contributed by atoms with Crippen LogP contribution in [-0.2, 0) is 22.6 Å². The second-order valence-corrected chi connectivity index (χ2v) is 13.9. The minimum atomic E-state index is -0.794. The van der Waals surface area contributed by atoms with E-state index in [2.05, 4.69) is 5.32 Å². The second-order valence-electron chi connectivity index (χ2n) is 13.9. The number of nitrogens with zero attached hydrogens (tertiary/aromatic N) is 3. The van der Waals surface area contributed by atoms with Gasteiger partial charge in [-0.25, -0.2) is 0 Å². The Hall–Kier alpha value is -6.01. The summed E-state index contributed by atoms with van der Waals surface area (Å²) in [7, 11) is 6.88. The average molecular weight is 734 g/mol. The first-order chi connectivity index (χ1) is 25.7. The third-order valence-electron chi connectivity index (χ3n) is 9.52. The number of nitrogens with two attached hydrogens (primary N) is 1. The fourth-order valence-corrected chi connectivity index (χ4v) is 6.88. The molecule has 0 saturated carbocycles. The number of primary amides is 1. The van der Waals surface area contributed by atoms with Gasteiger partial charge in [-0.1, -0.05) is 35.9 Å². The topological polar surface area (TPSA) is 152 Å². The molecule has 54 heavy (non-hydrogen) atoms. The molecule has 0 aliphatic carbocycles. The lowest BCUT2D eigenvalue weighted by Gasteiger charge is -2.37. The summed E-state index contributed by atoms with van der Waals surface area (Å²) < 4.78 is 11.1. The Bertz CT molecular complexity index is 2050. The van der Waals surface area contributed by atoms with Gasteiger partial charge < -0.3 is 35.2 Å². The highest BCUT2D eigenvalue weighted by molar-refractivity contribution is 6.47. The zero-order valence-electron chi connectivity index (χ0n) is 31.8. The molecule has 3 N–H and O–H groups in total. The molecule has 1 aliphatic rings. The van der Waals surface area contributed by atoms with Gasteiger partial charge >= 0.3 is 0 Å². The van der Waals surface area contributed by atoms with Crippen molar-refractivity contribution in [3.8, 4) is 11.5 Å².